The summed E-state index contributed by atoms with van der Waals surface area (Å²) in [6.45, 7) is 0. The van der Waals surface area contributed by atoms with E-state index in [0.29, 0.717) is 0 Å². The first kappa shape index (κ1) is 12.0. The molecule has 2 N–H and O–H groups in total. The molecular formula is C8H7F4NOS. The Kier molecular flexibility index (Phi) is 3.67. The van der Waals surface area contributed by atoms with Gasteiger partial charge in [-0.05, 0) is 12.1 Å². The lowest BCUT2D eigenvalue weighted by Crippen LogP contribution is -2.10. The Morgan fingerprint density at radius 3 is 2.13 bits per heavy atom. The largest absolute Gasteiger partial charge is 0.399 e. The van der Waals surface area contributed by atoms with Gasteiger partial charge in [0.25, 0.3) is 0 Å². The lowest BCUT2D eigenvalue weighted by atomic mass is 10.3. The van der Waals surface area contributed by atoms with E-state index in [9.17, 15) is 21.8 Å². The number of hydrogen-bond donors (Lipinski definition) is 1. The number of anilines is 1. The van der Waals surface area contributed by atoms with Crippen LogP contribution in [-0.4, -0.2) is 16.4 Å². The summed E-state index contributed by atoms with van der Waals surface area (Å²) in [5.74, 6) is -3.45. The molecule has 15 heavy (non-hydrogen) atoms. The molecule has 0 saturated carbocycles. The molecule has 1 aromatic rings. The van der Waals surface area contributed by atoms with Crippen molar-refractivity contribution in [1.29, 1.82) is 0 Å². The summed E-state index contributed by atoms with van der Waals surface area (Å²) >= 11 is 0. The van der Waals surface area contributed by atoms with Crippen molar-refractivity contribution in [2.75, 3.05) is 11.5 Å². The number of rotatable bonds is 3. The third kappa shape index (κ3) is 2.92. The minimum absolute atomic E-state index is 0.192. The number of halogens is 4. The Balaban J connectivity index is 3.09. The summed E-state index contributed by atoms with van der Waals surface area (Å²) in [6.07, 6.45) is -2.89. The average molecular weight is 241 g/mol. The summed E-state index contributed by atoms with van der Waals surface area (Å²) in [5.41, 5.74) is 4.91. The van der Waals surface area contributed by atoms with Crippen molar-refractivity contribution < 1.29 is 21.8 Å². The standard InChI is InChI=1S/C8H7F4NOS/c9-5-1-4(13)2-6(10)8(5)15(14)3-7(11)12/h1-2,7H,3,13H2. The van der Waals surface area contributed by atoms with Gasteiger partial charge < -0.3 is 5.73 Å². The van der Waals surface area contributed by atoms with Gasteiger partial charge in [0.05, 0.1) is 16.6 Å². The third-order valence-electron chi connectivity index (χ3n) is 1.53. The molecule has 0 saturated heterocycles. The third-order valence-corrected chi connectivity index (χ3v) is 2.93. The molecule has 2 nitrogen and oxygen atoms in total. The summed E-state index contributed by atoms with van der Waals surface area (Å²) in [4.78, 5) is -0.857. The zero-order valence-electron chi connectivity index (χ0n) is 7.34. The molecule has 0 aliphatic carbocycles. The zero-order chi connectivity index (χ0) is 11.6. The highest BCUT2D eigenvalue weighted by atomic mass is 32.2. The Hall–Kier alpha value is -1.11. The number of hydrogen-bond acceptors (Lipinski definition) is 2. The number of nitrogen functional groups attached to an aromatic ring is 1. The molecule has 0 radical (unpaired) electrons. The van der Waals surface area contributed by atoms with Crippen LogP contribution in [0.3, 0.4) is 0 Å². The van der Waals surface area contributed by atoms with Crippen LogP contribution in [0.5, 0.6) is 0 Å². The molecule has 1 unspecified atom stereocenters. The van der Waals surface area contributed by atoms with Gasteiger partial charge in [-0.15, -0.1) is 0 Å². The highest BCUT2D eigenvalue weighted by Crippen LogP contribution is 2.21. The van der Waals surface area contributed by atoms with Crippen molar-refractivity contribution in [1.82, 2.24) is 0 Å². The lowest BCUT2D eigenvalue weighted by Gasteiger charge is -2.05. The maximum atomic E-state index is 13.1. The van der Waals surface area contributed by atoms with E-state index in [-0.39, 0.29) is 5.69 Å². The Labute approximate surface area is 85.5 Å². The summed E-state index contributed by atoms with van der Waals surface area (Å²) in [7, 11) is -2.40. The molecule has 0 amide bonds. The Morgan fingerprint density at radius 1 is 1.27 bits per heavy atom. The fourth-order valence-electron chi connectivity index (χ4n) is 0.995. The van der Waals surface area contributed by atoms with E-state index in [1.807, 2.05) is 0 Å². The maximum absolute atomic E-state index is 13.1. The second kappa shape index (κ2) is 4.61. The van der Waals surface area contributed by atoms with Crippen LogP contribution in [0.1, 0.15) is 0 Å². The predicted molar refractivity (Wildman–Crippen MR) is 48.0 cm³/mol. The zero-order valence-corrected chi connectivity index (χ0v) is 8.16. The van der Waals surface area contributed by atoms with Crippen LogP contribution in [0.15, 0.2) is 17.0 Å². The first-order valence-corrected chi connectivity index (χ1v) is 5.14. The van der Waals surface area contributed by atoms with Crippen LogP contribution in [0.2, 0.25) is 0 Å². The first-order chi connectivity index (χ1) is 6.91. The van der Waals surface area contributed by atoms with Crippen molar-refractivity contribution in [2.45, 2.75) is 11.3 Å². The molecule has 0 heterocycles. The fraction of sp³-hybridized carbons (Fsp3) is 0.250. The number of alkyl halides is 2. The summed E-state index contributed by atoms with van der Waals surface area (Å²) in [5, 5.41) is 0. The number of benzene rings is 1. The molecule has 84 valence electrons. The van der Waals surface area contributed by atoms with E-state index in [1.54, 1.807) is 0 Å². The Morgan fingerprint density at radius 2 is 1.73 bits per heavy atom. The summed E-state index contributed by atoms with van der Waals surface area (Å²) < 4.78 is 60.9. The monoisotopic (exact) mass is 241 g/mol. The van der Waals surface area contributed by atoms with Gasteiger partial charge in [-0.25, -0.2) is 17.6 Å². The van der Waals surface area contributed by atoms with E-state index in [0.717, 1.165) is 12.1 Å². The van der Waals surface area contributed by atoms with Crippen LogP contribution in [0, 0.1) is 11.6 Å². The van der Waals surface area contributed by atoms with E-state index in [4.69, 9.17) is 5.73 Å². The highest BCUT2D eigenvalue weighted by molar-refractivity contribution is 7.85. The maximum Gasteiger partial charge on any atom is 0.250 e. The van der Waals surface area contributed by atoms with Crippen molar-refractivity contribution in [2.24, 2.45) is 0 Å². The molecule has 7 heteroatoms. The molecule has 1 atom stereocenters. The van der Waals surface area contributed by atoms with Gasteiger partial charge in [-0.1, -0.05) is 0 Å². The van der Waals surface area contributed by atoms with E-state index in [1.165, 1.54) is 0 Å². The molecule has 0 spiro atoms. The van der Waals surface area contributed by atoms with Gasteiger partial charge in [0.1, 0.15) is 16.5 Å². The topological polar surface area (TPSA) is 43.1 Å². The smallest absolute Gasteiger partial charge is 0.250 e. The minimum Gasteiger partial charge on any atom is -0.399 e. The SMILES string of the molecule is Nc1cc(F)c(S(=O)CC(F)F)c(F)c1. The van der Waals surface area contributed by atoms with Gasteiger partial charge in [0.15, 0.2) is 0 Å². The van der Waals surface area contributed by atoms with Crippen molar-refractivity contribution in [3.05, 3.63) is 23.8 Å². The van der Waals surface area contributed by atoms with Gasteiger partial charge in [-0.3, -0.25) is 4.21 Å². The normalized spacial score (nSPS) is 13.1. The molecule has 0 fully saturated rings. The Bertz CT molecular complexity index is 373. The molecule has 0 aliphatic rings. The quantitative estimate of drug-likeness (QED) is 0.649. The number of nitrogens with two attached hydrogens (primary N) is 1. The van der Waals surface area contributed by atoms with Gasteiger partial charge >= 0.3 is 0 Å². The minimum atomic E-state index is -2.89. The van der Waals surface area contributed by atoms with Crippen LogP contribution in [0.4, 0.5) is 23.2 Å². The molecule has 1 aromatic carbocycles. The lowest BCUT2D eigenvalue weighted by molar-refractivity contribution is 0.175. The fourth-order valence-corrected chi connectivity index (χ4v) is 1.94. The highest BCUT2D eigenvalue weighted by Gasteiger charge is 2.20. The van der Waals surface area contributed by atoms with Crippen LogP contribution >= 0.6 is 0 Å². The van der Waals surface area contributed by atoms with Crippen LogP contribution < -0.4 is 5.73 Å². The molecule has 0 aromatic heterocycles. The van der Waals surface area contributed by atoms with E-state index >= 15 is 0 Å². The van der Waals surface area contributed by atoms with Crippen molar-refractivity contribution in [3.8, 4) is 0 Å². The van der Waals surface area contributed by atoms with Crippen molar-refractivity contribution >= 4 is 16.5 Å². The molecular weight excluding hydrogens is 234 g/mol. The second-order valence-corrected chi connectivity index (χ2v) is 4.15. The van der Waals surface area contributed by atoms with Gasteiger partial charge in [-0.2, -0.15) is 0 Å². The molecule has 1 rings (SSSR count). The molecule has 0 bridgehead atoms. The summed E-state index contributed by atoms with van der Waals surface area (Å²) in [6, 6.07) is 1.48. The average Bonchev–Trinajstić information content (AvgIpc) is 1.99. The van der Waals surface area contributed by atoms with Gasteiger partial charge in [0, 0.05) is 5.69 Å². The predicted octanol–water partition coefficient (Wildman–Crippen LogP) is 1.92. The first-order valence-electron chi connectivity index (χ1n) is 3.83. The van der Waals surface area contributed by atoms with Gasteiger partial charge in [0.2, 0.25) is 6.43 Å². The van der Waals surface area contributed by atoms with Crippen LogP contribution in [-0.2, 0) is 10.8 Å². The second-order valence-electron chi connectivity index (χ2n) is 2.72. The van der Waals surface area contributed by atoms with Crippen LogP contribution in [0.25, 0.3) is 0 Å². The van der Waals surface area contributed by atoms with E-state index < -0.39 is 39.5 Å². The molecule has 0 aliphatic heterocycles. The van der Waals surface area contributed by atoms with E-state index in [2.05, 4.69) is 0 Å². The van der Waals surface area contributed by atoms with Crippen molar-refractivity contribution in [3.63, 3.8) is 0 Å².